The highest BCUT2D eigenvalue weighted by molar-refractivity contribution is 6.35. The van der Waals surface area contributed by atoms with E-state index >= 15 is 0 Å². The van der Waals surface area contributed by atoms with Gasteiger partial charge in [0, 0.05) is 11.6 Å². The third-order valence-electron chi connectivity index (χ3n) is 3.74. The lowest BCUT2D eigenvalue weighted by atomic mass is 9.98. The van der Waals surface area contributed by atoms with E-state index in [4.69, 9.17) is 0 Å². The first-order chi connectivity index (χ1) is 12.3. The van der Waals surface area contributed by atoms with Gasteiger partial charge in [0.25, 0.3) is 11.8 Å². The Morgan fingerprint density at radius 3 is 2.04 bits per heavy atom. The predicted molar refractivity (Wildman–Crippen MR) is 96.7 cm³/mol. The van der Waals surface area contributed by atoms with E-state index in [0.717, 1.165) is 0 Å². The average molecular weight is 362 g/mol. The summed E-state index contributed by atoms with van der Waals surface area (Å²) in [5.74, 6) is -3.01. The number of nitrogens with one attached hydrogen (secondary N) is 4. The zero-order chi connectivity index (χ0) is 19.7. The van der Waals surface area contributed by atoms with E-state index < -0.39 is 29.7 Å². The third kappa shape index (κ3) is 6.54. The monoisotopic (exact) mass is 362 g/mol. The smallest absolute Gasteiger partial charge is 0.327 e. The van der Waals surface area contributed by atoms with Gasteiger partial charge in [-0.05, 0) is 31.9 Å². The predicted octanol–water partition coefficient (Wildman–Crippen LogP) is 0.503. The van der Waals surface area contributed by atoms with Crippen LogP contribution in [0.1, 0.15) is 44.5 Å². The molecule has 1 rings (SSSR count). The van der Waals surface area contributed by atoms with Gasteiger partial charge in [-0.3, -0.25) is 30.0 Å². The minimum Gasteiger partial charge on any atom is -0.346 e. The van der Waals surface area contributed by atoms with Crippen molar-refractivity contribution >= 4 is 23.6 Å². The molecule has 0 fully saturated rings. The van der Waals surface area contributed by atoms with Crippen molar-refractivity contribution in [2.75, 3.05) is 0 Å². The maximum atomic E-state index is 12.4. The van der Waals surface area contributed by atoms with Gasteiger partial charge in [-0.15, -0.1) is 0 Å². The molecule has 0 aliphatic rings. The molecule has 2 unspecified atom stereocenters. The number of carbonyl (C=O) groups is 4. The summed E-state index contributed by atoms with van der Waals surface area (Å²) in [6.07, 6.45) is 0.634. The number of hydrazine groups is 1. The first kappa shape index (κ1) is 21.1. The molecule has 8 heteroatoms. The molecule has 26 heavy (non-hydrogen) atoms. The lowest BCUT2D eigenvalue weighted by Gasteiger charge is -2.23. The Balaban J connectivity index is 2.71. The Morgan fingerprint density at radius 2 is 1.50 bits per heavy atom. The summed E-state index contributed by atoms with van der Waals surface area (Å²) in [4.78, 5) is 47.9. The maximum absolute atomic E-state index is 12.4. The summed E-state index contributed by atoms with van der Waals surface area (Å²) in [7, 11) is 0. The fraction of sp³-hybridized carbons (Fsp3) is 0.444. The van der Waals surface area contributed by atoms with Gasteiger partial charge < -0.3 is 10.6 Å². The lowest BCUT2D eigenvalue weighted by molar-refractivity contribution is -0.141. The van der Waals surface area contributed by atoms with Gasteiger partial charge in [-0.2, -0.15) is 0 Å². The van der Waals surface area contributed by atoms with Gasteiger partial charge in [-0.1, -0.05) is 38.5 Å². The second-order valence-corrected chi connectivity index (χ2v) is 6.27. The second-order valence-electron chi connectivity index (χ2n) is 6.27. The van der Waals surface area contributed by atoms with E-state index in [9.17, 15) is 19.2 Å². The zero-order valence-corrected chi connectivity index (χ0v) is 15.5. The molecular weight excluding hydrogens is 336 g/mol. The van der Waals surface area contributed by atoms with Crippen molar-refractivity contribution in [2.45, 2.75) is 46.2 Å². The van der Waals surface area contributed by atoms with Crippen LogP contribution in [0.2, 0.25) is 0 Å². The van der Waals surface area contributed by atoms with Crippen LogP contribution in [0.5, 0.6) is 0 Å². The van der Waals surface area contributed by atoms with Crippen LogP contribution in [-0.2, 0) is 14.4 Å². The van der Waals surface area contributed by atoms with E-state index in [1.54, 1.807) is 44.2 Å². The van der Waals surface area contributed by atoms with Crippen LogP contribution in [0.3, 0.4) is 0 Å². The standard InChI is InChI=1S/C18H26N4O4/c1-5-12(4)14(20-15(23)13-9-7-6-8-10-13)16(24)21-22-18(26)17(25)19-11(2)3/h6-12,14H,5H2,1-4H3,(H,19,25)(H,20,23)(H,21,24)(H,22,26). The summed E-state index contributed by atoms with van der Waals surface area (Å²) < 4.78 is 0. The average Bonchev–Trinajstić information content (AvgIpc) is 2.63. The molecule has 0 bridgehead atoms. The van der Waals surface area contributed by atoms with Crippen LogP contribution >= 0.6 is 0 Å². The zero-order valence-electron chi connectivity index (χ0n) is 15.5. The van der Waals surface area contributed by atoms with Crippen LogP contribution in [0.4, 0.5) is 0 Å². The van der Waals surface area contributed by atoms with Gasteiger partial charge in [-0.25, -0.2) is 0 Å². The highest BCUT2D eigenvalue weighted by atomic mass is 16.2. The molecule has 8 nitrogen and oxygen atoms in total. The Hall–Kier alpha value is -2.90. The molecule has 1 aromatic rings. The number of benzene rings is 1. The topological polar surface area (TPSA) is 116 Å². The molecule has 0 aliphatic carbocycles. The summed E-state index contributed by atoms with van der Waals surface area (Å²) in [6.45, 7) is 7.11. The van der Waals surface area contributed by atoms with Crippen molar-refractivity contribution in [3.05, 3.63) is 35.9 Å². The van der Waals surface area contributed by atoms with E-state index in [0.29, 0.717) is 12.0 Å². The van der Waals surface area contributed by atoms with Gasteiger partial charge in [0.15, 0.2) is 0 Å². The molecule has 2 atom stereocenters. The highest BCUT2D eigenvalue weighted by Crippen LogP contribution is 2.09. The van der Waals surface area contributed by atoms with Crippen LogP contribution in [0.15, 0.2) is 30.3 Å². The number of hydrogen-bond donors (Lipinski definition) is 4. The van der Waals surface area contributed by atoms with Gasteiger partial charge >= 0.3 is 11.8 Å². The number of amides is 4. The van der Waals surface area contributed by atoms with Gasteiger partial charge in [0.05, 0.1) is 0 Å². The van der Waals surface area contributed by atoms with Crippen molar-refractivity contribution < 1.29 is 19.2 Å². The van der Waals surface area contributed by atoms with Crippen molar-refractivity contribution in [3.63, 3.8) is 0 Å². The summed E-state index contributed by atoms with van der Waals surface area (Å²) in [6, 6.07) is 7.44. The maximum Gasteiger partial charge on any atom is 0.327 e. The minimum atomic E-state index is -0.982. The van der Waals surface area contributed by atoms with Crippen LogP contribution in [0.25, 0.3) is 0 Å². The van der Waals surface area contributed by atoms with E-state index in [2.05, 4.69) is 21.5 Å². The first-order valence-electron chi connectivity index (χ1n) is 8.52. The fourth-order valence-corrected chi connectivity index (χ4v) is 2.10. The van der Waals surface area contributed by atoms with Crippen LogP contribution < -0.4 is 21.5 Å². The second kappa shape index (κ2) is 10.2. The Labute approximate surface area is 153 Å². The molecule has 0 aliphatic heterocycles. The van der Waals surface area contributed by atoms with Crippen molar-refractivity contribution in [2.24, 2.45) is 5.92 Å². The van der Waals surface area contributed by atoms with E-state index in [1.165, 1.54) is 0 Å². The quantitative estimate of drug-likeness (QED) is 0.436. The third-order valence-corrected chi connectivity index (χ3v) is 3.74. The molecule has 0 radical (unpaired) electrons. The lowest BCUT2D eigenvalue weighted by Crippen LogP contribution is -2.56. The number of hydrogen-bond acceptors (Lipinski definition) is 4. The Kier molecular flexibility index (Phi) is 8.27. The molecule has 142 valence electrons. The largest absolute Gasteiger partial charge is 0.346 e. The van der Waals surface area contributed by atoms with Crippen molar-refractivity contribution in [1.82, 2.24) is 21.5 Å². The fourth-order valence-electron chi connectivity index (χ4n) is 2.10. The Bertz CT molecular complexity index is 646. The van der Waals surface area contributed by atoms with Gasteiger partial charge in [0.2, 0.25) is 0 Å². The number of carbonyl (C=O) groups excluding carboxylic acids is 4. The van der Waals surface area contributed by atoms with E-state index in [-0.39, 0.29) is 12.0 Å². The van der Waals surface area contributed by atoms with Crippen LogP contribution in [0, 0.1) is 5.92 Å². The van der Waals surface area contributed by atoms with Crippen LogP contribution in [-0.4, -0.2) is 35.7 Å². The SMILES string of the molecule is CCC(C)C(NC(=O)c1ccccc1)C(=O)NNC(=O)C(=O)NC(C)C. The molecule has 4 N–H and O–H groups in total. The molecule has 0 saturated heterocycles. The minimum absolute atomic E-state index is 0.177. The van der Waals surface area contributed by atoms with Crippen molar-refractivity contribution in [1.29, 1.82) is 0 Å². The summed E-state index contributed by atoms with van der Waals surface area (Å²) >= 11 is 0. The molecular formula is C18H26N4O4. The Morgan fingerprint density at radius 1 is 0.885 bits per heavy atom. The summed E-state index contributed by atoms with van der Waals surface area (Å²) in [5.41, 5.74) is 4.68. The molecule has 4 amide bonds. The molecule has 0 aromatic heterocycles. The first-order valence-corrected chi connectivity index (χ1v) is 8.52. The molecule has 0 heterocycles. The molecule has 0 spiro atoms. The molecule has 0 saturated carbocycles. The van der Waals surface area contributed by atoms with E-state index in [1.807, 2.05) is 13.8 Å². The van der Waals surface area contributed by atoms with Crippen molar-refractivity contribution in [3.8, 4) is 0 Å². The summed E-state index contributed by atoms with van der Waals surface area (Å²) in [5, 5.41) is 5.08. The normalized spacial score (nSPS) is 12.7. The highest BCUT2D eigenvalue weighted by Gasteiger charge is 2.27. The van der Waals surface area contributed by atoms with Gasteiger partial charge in [0.1, 0.15) is 6.04 Å². The molecule has 1 aromatic carbocycles. The number of rotatable bonds is 6.